The van der Waals surface area contributed by atoms with Gasteiger partial charge in [0.25, 0.3) is 0 Å². The van der Waals surface area contributed by atoms with Crippen LogP contribution in [-0.2, 0) is 16.0 Å². The number of aryl methyl sites for hydroxylation is 2. The molecule has 0 radical (unpaired) electrons. The molecule has 1 aliphatic carbocycles. The van der Waals surface area contributed by atoms with Gasteiger partial charge >= 0.3 is 12.1 Å². The minimum absolute atomic E-state index is 0.155. The van der Waals surface area contributed by atoms with Crippen molar-refractivity contribution in [2.45, 2.75) is 38.1 Å². The first-order chi connectivity index (χ1) is 15.5. The standard InChI is InChI=1S/C27H27NO4/c1-18-8-7-13-23-21(20-11-5-6-12-22(20)25(18)23)16-17-32-27(31)28-24(26(29)30)15-14-19-9-3-2-4-10-19/h2-13,21,24H,14-17H2,1H3,(H,28,31)(H,29,30)/t21?,24-/m0/s1. The Morgan fingerprint density at radius 3 is 2.47 bits per heavy atom. The van der Waals surface area contributed by atoms with Crippen molar-refractivity contribution in [3.8, 4) is 11.1 Å². The molecule has 5 nitrogen and oxygen atoms in total. The van der Waals surface area contributed by atoms with Gasteiger partial charge in [-0.15, -0.1) is 0 Å². The van der Waals surface area contributed by atoms with Crippen LogP contribution in [0.5, 0.6) is 0 Å². The van der Waals surface area contributed by atoms with E-state index in [0.29, 0.717) is 19.3 Å². The third-order valence-electron chi connectivity index (χ3n) is 6.08. The average molecular weight is 430 g/mol. The van der Waals surface area contributed by atoms with Crippen LogP contribution in [0.4, 0.5) is 4.79 Å². The highest BCUT2D eigenvalue weighted by atomic mass is 16.5. The molecule has 1 aliphatic rings. The maximum absolute atomic E-state index is 12.3. The summed E-state index contributed by atoms with van der Waals surface area (Å²) in [6.07, 6.45) is 0.813. The molecule has 0 saturated heterocycles. The van der Waals surface area contributed by atoms with Gasteiger partial charge in [0.05, 0.1) is 6.61 Å². The van der Waals surface area contributed by atoms with Gasteiger partial charge < -0.3 is 15.2 Å². The zero-order valence-electron chi connectivity index (χ0n) is 18.1. The molecule has 0 spiro atoms. The number of amides is 1. The lowest BCUT2D eigenvalue weighted by Gasteiger charge is -2.17. The molecule has 0 bridgehead atoms. The number of carboxylic acids is 1. The highest BCUT2D eigenvalue weighted by molar-refractivity contribution is 5.81. The largest absolute Gasteiger partial charge is 0.480 e. The number of carbonyl (C=O) groups is 2. The number of hydrogen-bond donors (Lipinski definition) is 2. The van der Waals surface area contributed by atoms with Crippen LogP contribution in [0.1, 0.15) is 41.0 Å². The van der Waals surface area contributed by atoms with Crippen molar-refractivity contribution in [1.82, 2.24) is 5.32 Å². The van der Waals surface area contributed by atoms with Gasteiger partial charge in [-0.3, -0.25) is 0 Å². The van der Waals surface area contributed by atoms with Crippen LogP contribution in [0.15, 0.2) is 72.8 Å². The zero-order valence-corrected chi connectivity index (χ0v) is 18.1. The highest BCUT2D eigenvalue weighted by Gasteiger charge is 2.29. The van der Waals surface area contributed by atoms with Crippen LogP contribution in [0.3, 0.4) is 0 Å². The first-order valence-electron chi connectivity index (χ1n) is 10.9. The summed E-state index contributed by atoms with van der Waals surface area (Å²) in [6.45, 7) is 2.33. The number of benzene rings is 3. The molecule has 0 aliphatic heterocycles. The Bertz CT molecular complexity index is 1110. The lowest BCUT2D eigenvalue weighted by Crippen LogP contribution is -2.41. The number of ether oxygens (including phenoxy) is 1. The molecular formula is C27H27NO4. The summed E-state index contributed by atoms with van der Waals surface area (Å²) in [5.41, 5.74) is 7.27. The molecule has 2 atom stereocenters. The smallest absolute Gasteiger partial charge is 0.407 e. The van der Waals surface area contributed by atoms with Gasteiger partial charge in [-0.25, -0.2) is 9.59 Å². The lowest BCUT2D eigenvalue weighted by molar-refractivity contribution is -0.139. The number of carboxylic acid groups (broad SMARTS) is 1. The summed E-state index contributed by atoms with van der Waals surface area (Å²) >= 11 is 0. The Morgan fingerprint density at radius 2 is 1.69 bits per heavy atom. The molecule has 1 unspecified atom stereocenters. The third kappa shape index (κ3) is 4.67. The number of hydrogen-bond acceptors (Lipinski definition) is 3. The van der Waals surface area contributed by atoms with E-state index in [4.69, 9.17) is 4.74 Å². The fourth-order valence-electron chi connectivity index (χ4n) is 4.52. The second-order valence-corrected chi connectivity index (χ2v) is 8.16. The second kappa shape index (κ2) is 9.69. The number of aliphatic carboxylic acids is 1. The summed E-state index contributed by atoms with van der Waals surface area (Å²) in [7, 11) is 0. The molecule has 0 aromatic heterocycles. The van der Waals surface area contributed by atoms with Crippen LogP contribution in [0.2, 0.25) is 0 Å². The summed E-state index contributed by atoms with van der Waals surface area (Å²) in [6, 6.07) is 23.3. The fourth-order valence-corrected chi connectivity index (χ4v) is 4.52. The van der Waals surface area contributed by atoms with Gasteiger partial charge in [-0.1, -0.05) is 72.8 Å². The molecule has 2 N–H and O–H groups in total. The maximum atomic E-state index is 12.3. The number of rotatable bonds is 8. The van der Waals surface area contributed by atoms with Crippen molar-refractivity contribution in [3.05, 3.63) is 95.1 Å². The first kappa shape index (κ1) is 21.6. The molecule has 3 aromatic rings. The topological polar surface area (TPSA) is 75.6 Å². The number of nitrogens with one attached hydrogen (secondary N) is 1. The van der Waals surface area contributed by atoms with Crippen molar-refractivity contribution >= 4 is 12.1 Å². The molecular weight excluding hydrogens is 402 g/mol. The van der Waals surface area contributed by atoms with Crippen molar-refractivity contribution < 1.29 is 19.4 Å². The van der Waals surface area contributed by atoms with E-state index < -0.39 is 18.1 Å². The third-order valence-corrected chi connectivity index (χ3v) is 6.08. The Balaban J connectivity index is 1.34. The van der Waals surface area contributed by atoms with E-state index in [1.807, 2.05) is 42.5 Å². The van der Waals surface area contributed by atoms with E-state index in [-0.39, 0.29) is 12.5 Å². The van der Waals surface area contributed by atoms with E-state index >= 15 is 0 Å². The normalized spacial score (nSPS) is 14.8. The van der Waals surface area contributed by atoms with E-state index in [1.165, 1.54) is 27.8 Å². The van der Waals surface area contributed by atoms with Crippen molar-refractivity contribution in [3.63, 3.8) is 0 Å². The van der Waals surface area contributed by atoms with Gasteiger partial charge in [0.2, 0.25) is 0 Å². The summed E-state index contributed by atoms with van der Waals surface area (Å²) in [5.74, 6) is -0.908. The molecule has 1 amide bonds. The molecule has 3 aromatic carbocycles. The number of fused-ring (bicyclic) bond motifs is 3. The Morgan fingerprint density at radius 1 is 0.969 bits per heavy atom. The monoisotopic (exact) mass is 429 g/mol. The van der Waals surface area contributed by atoms with Crippen molar-refractivity contribution in [2.75, 3.05) is 6.61 Å². The van der Waals surface area contributed by atoms with Crippen LogP contribution >= 0.6 is 0 Å². The van der Waals surface area contributed by atoms with Crippen LogP contribution < -0.4 is 5.32 Å². The summed E-state index contributed by atoms with van der Waals surface area (Å²) in [4.78, 5) is 23.9. The van der Waals surface area contributed by atoms with E-state index in [1.54, 1.807) is 0 Å². The molecule has 0 heterocycles. The zero-order chi connectivity index (χ0) is 22.5. The number of alkyl carbamates (subject to hydrolysis) is 1. The molecule has 164 valence electrons. The highest BCUT2D eigenvalue weighted by Crippen LogP contribution is 2.47. The predicted octanol–water partition coefficient (Wildman–Crippen LogP) is 5.31. The summed E-state index contributed by atoms with van der Waals surface area (Å²) in [5, 5.41) is 12.0. The van der Waals surface area contributed by atoms with Crippen molar-refractivity contribution in [2.24, 2.45) is 0 Å². The minimum Gasteiger partial charge on any atom is -0.480 e. The van der Waals surface area contributed by atoms with Gasteiger partial charge in [0.1, 0.15) is 6.04 Å². The van der Waals surface area contributed by atoms with E-state index in [2.05, 4.69) is 42.6 Å². The summed E-state index contributed by atoms with van der Waals surface area (Å²) < 4.78 is 5.38. The van der Waals surface area contributed by atoms with Gasteiger partial charge in [-0.2, -0.15) is 0 Å². The molecule has 4 rings (SSSR count). The number of carbonyl (C=O) groups excluding carboxylic acids is 1. The Labute approximate surface area is 188 Å². The minimum atomic E-state index is -1.06. The molecule has 32 heavy (non-hydrogen) atoms. The van der Waals surface area contributed by atoms with Gasteiger partial charge in [0.15, 0.2) is 0 Å². The fraction of sp³-hybridized carbons (Fsp3) is 0.259. The van der Waals surface area contributed by atoms with Crippen LogP contribution in [0, 0.1) is 6.92 Å². The average Bonchev–Trinajstić information content (AvgIpc) is 3.12. The van der Waals surface area contributed by atoms with E-state index in [9.17, 15) is 14.7 Å². The first-order valence-corrected chi connectivity index (χ1v) is 10.9. The lowest BCUT2D eigenvalue weighted by atomic mass is 9.93. The molecule has 5 heteroatoms. The van der Waals surface area contributed by atoms with Crippen molar-refractivity contribution in [1.29, 1.82) is 0 Å². The second-order valence-electron chi connectivity index (χ2n) is 8.16. The Hall–Kier alpha value is -3.60. The molecule has 0 saturated carbocycles. The SMILES string of the molecule is Cc1cccc2c1-c1ccccc1C2CCOC(=O)N[C@@H](CCc1ccccc1)C(=O)O. The Kier molecular flexibility index (Phi) is 6.55. The predicted molar refractivity (Wildman–Crippen MR) is 124 cm³/mol. The maximum Gasteiger partial charge on any atom is 0.407 e. The van der Waals surface area contributed by atoms with Crippen LogP contribution in [0.25, 0.3) is 11.1 Å². The van der Waals surface area contributed by atoms with Crippen LogP contribution in [-0.4, -0.2) is 29.8 Å². The van der Waals surface area contributed by atoms with Gasteiger partial charge in [0, 0.05) is 5.92 Å². The molecule has 0 fully saturated rings. The van der Waals surface area contributed by atoms with E-state index in [0.717, 1.165) is 5.56 Å². The quantitative estimate of drug-likeness (QED) is 0.509. The van der Waals surface area contributed by atoms with Gasteiger partial charge in [-0.05, 0) is 59.6 Å².